The molecule has 142 valence electrons. The fourth-order valence-corrected chi connectivity index (χ4v) is 3.35. The van der Waals surface area contributed by atoms with Gasteiger partial charge in [-0.15, -0.1) is 0 Å². The highest BCUT2D eigenvalue weighted by Gasteiger charge is 2.22. The summed E-state index contributed by atoms with van der Waals surface area (Å²) in [6.45, 7) is 7.69. The zero-order valence-electron chi connectivity index (χ0n) is 15.4. The highest BCUT2D eigenvalue weighted by Crippen LogP contribution is 2.21. The van der Waals surface area contributed by atoms with Gasteiger partial charge >= 0.3 is 0 Å². The summed E-state index contributed by atoms with van der Waals surface area (Å²) in [5.74, 6) is 0.555. The predicted octanol–water partition coefficient (Wildman–Crippen LogP) is 4.64. The van der Waals surface area contributed by atoms with E-state index in [-0.39, 0.29) is 12.3 Å². The summed E-state index contributed by atoms with van der Waals surface area (Å²) in [6, 6.07) is 15.0. The number of halogens is 1. The number of carbonyl (C=O) groups is 1. The number of nitrogens with zero attached hydrogens (tertiary/aromatic N) is 5. The number of hydrazone groups is 1. The Bertz CT molecular complexity index is 1130. The molecule has 0 saturated heterocycles. The van der Waals surface area contributed by atoms with E-state index in [4.69, 9.17) is 6.57 Å². The highest BCUT2D eigenvalue weighted by atomic mass is 79.9. The SMILES string of the molecule is [C-]#[N+]c1cccc(C2=NN(C(=O)Cc3cccc(-c4ncc(Br)cn4)c3)CC2)c1. The lowest BCUT2D eigenvalue weighted by Gasteiger charge is -2.12. The summed E-state index contributed by atoms with van der Waals surface area (Å²) >= 11 is 3.33. The maximum atomic E-state index is 12.7. The van der Waals surface area contributed by atoms with Crippen LogP contribution in [0.4, 0.5) is 5.69 Å². The van der Waals surface area contributed by atoms with Gasteiger partial charge in [-0.25, -0.2) is 19.8 Å². The van der Waals surface area contributed by atoms with Crippen molar-refractivity contribution in [3.63, 3.8) is 0 Å². The largest absolute Gasteiger partial charge is 0.273 e. The molecule has 2 aromatic carbocycles. The molecule has 1 aromatic heterocycles. The molecule has 29 heavy (non-hydrogen) atoms. The van der Waals surface area contributed by atoms with E-state index in [2.05, 4.69) is 35.8 Å². The second-order valence-electron chi connectivity index (χ2n) is 6.58. The Morgan fingerprint density at radius 1 is 1.10 bits per heavy atom. The lowest BCUT2D eigenvalue weighted by Crippen LogP contribution is -2.25. The molecule has 0 saturated carbocycles. The van der Waals surface area contributed by atoms with Crippen LogP contribution in [0, 0.1) is 6.57 Å². The van der Waals surface area contributed by atoms with Gasteiger partial charge in [0.15, 0.2) is 11.5 Å². The summed E-state index contributed by atoms with van der Waals surface area (Å²) in [4.78, 5) is 24.8. The van der Waals surface area contributed by atoms with E-state index in [9.17, 15) is 4.79 Å². The quantitative estimate of drug-likeness (QED) is 0.549. The molecule has 0 atom stereocenters. The molecule has 1 aliphatic heterocycles. The first-order valence-corrected chi connectivity index (χ1v) is 9.84. The molecule has 1 amide bonds. The molecule has 0 aliphatic carbocycles. The molecule has 3 aromatic rings. The van der Waals surface area contributed by atoms with Crippen molar-refractivity contribution in [2.75, 3.05) is 6.54 Å². The van der Waals surface area contributed by atoms with Gasteiger partial charge in [0.2, 0.25) is 5.91 Å². The Hall–Kier alpha value is -3.37. The summed E-state index contributed by atoms with van der Waals surface area (Å²) in [6.07, 6.45) is 4.33. The van der Waals surface area contributed by atoms with Crippen molar-refractivity contribution in [1.29, 1.82) is 0 Å². The number of benzene rings is 2. The van der Waals surface area contributed by atoms with Gasteiger partial charge in [0, 0.05) is 24.4 Å². The number of carbonyl (C=O) groups excluding carboxylic acids is 1. The topological polar surface area (TPSA) is 62.8 Å². The lowest BCUT2D eigenvalue weighted by molar-refractivity contribution is -0.130. The van der Waals surface area contributed by atoms with Crippen LogP contribution >= 0.6 is 15.9 Å². The highest BCUT2D eigenvalue weighted by molar-refractivity contribution is 9.10. The van der Waals surface area contributed by atoms with E-state index in [1.54, 1.807) is 18.5 Å². The molecule has 6 nitrogen and oxygen atoms in total. The van der Waals surface area contributed by atoms with E-state index in [0.29, 0.717) is 24.5 Å². The standard InChI is InChI=1S/C22H16BrN5O/c1-24-19-7-3-5-16(12-19)20-8-9-28(27-20)21(29)11-15-4-2-6-17(10-15)22-25-13-18(23)14-26-22/h2-7,10,12-14H,8-9,11H2. The lowest BCUT2D eigenvalue weighted by atomic mass is 10.1. The molecule has 4 rings (SSSR count). The molecule has 0 fully saturated rings. The van der Waals surface area contributed by atoms with Gasteiger partial charge in [0.25, 0.3) is 0 Å². The second-order valence-corrected chi connectivity index (χ2v) is 7.49. The molecule has 0 N–H and O–H groups in total. The third kappa shape index (κ3) is 4.39. The summed E-state index contributed by atoms with van der Waals surface area (Å²) in [7, 11) is 0. The Morgan fingerprint density at radius 2 is 1.86 bits per heavy atom. The van der Waals surface area contributed by atoms with Crippen LogP contribution in [0.2, 0.25) is 0 Å². The van der Waals surface area contributed by atoms with Crippen molar-refractivity contribution < 1.29 is 4.79 Å². The van der Waals surface area contributed by atoms with Crippen LogP contribution in [-0.2, 0) is 11.2 Å². The number of hydrogen-bond donors (Lipinski definition) is 0. The van der Waals surface area contributed by atoms with Gasteiger partial charge in [-0.1, -0.05) is 36.4 Å². The first kappa shape index (κ1) is 19.0. The minimum Gasteiger partial charge on any atom is -0.273 e. The van der Waals surface area contributed by atoms with Gasteiger partial charge < -0.3 is 0 Å². The van der Waals surface area contributed by atoms with E-state index >= 15 is 0 Å². The molecule has 0 unspecified atom stereocenters. The summed E-state index contributed by atoms with van der Waals surface area (Å²) in [5, 5.41) is 6.00. The van der Waals surface area contributed by atoms with Gasteiger partial charge in [0.1, 0.15) is 0 Å². The van der Waals surface area contributed by atoms with Crippen molar-refractivity contribution >= 4 is 33.2 Å². The Kier molecular flexibility index (Phi) is 5.45. The number of hydrogen-bond acceptors (Lipinski definition) is 4. The Balaban J connectivity index is 1.48. The monoisotopic (exact) mass is 445 g/mol. The average molecular weight is 446 g/mol. The first-order chi connectivity index (χ1) is 14.1. The number of amides is 1. The summed E-state index contributed by atoms with van der Waals surface area (Å²) in [5.41, 5.74) is 4.05. The van der Waals surface area contributed by atoms with Gasteiger partial charge in [0.05, 0.1) is 29.7 Å². The van der Waals surface area contributed by atoms with E-state index in [0.717, 1.165) is 26.9 Å². The van der Waals surface area contributed by atoms with Crippen LogP contribution in [0.15, 0.2) is 70.5 Å². The minimum atomic E-state index is -0.0600. The van der Waals surface area contributed by atoms with Crippen molar-refractivity contribution in [3.8, 4) is 11.4 Å². The van der Waals surface area contributed by atoms with Crippen molar-refractivity contribution in [3.05, 3.63) is 87.9 Å². The van der Waals surface area contributed by atoms with Crippen LogP contribution in [0.1, 0.15) is 17.5 Å². The van der Waals surface area contributed by atoms with Crippen LogP contribution in [0.3, 0.4) is 0 Å². The maximum absolute atomic E-state index is 12.7. The van der Waals surface area contributed by atoms with Crippen molar-refractivity contribution in [2.45, 2.75) is 12.8 Å². The molecule has 0 spiro atoms. The zero-order valence-corrected chi connectivity index (χ0v) is 17.0. The number of aromatic nitrogens is 2. The fraction of sp³-hybridized carbons (Fsp3) is 0.136. The van der Waals surface area contributed by atoms with Gasteiger partial charge in [-0.3, -0.25) is 4.79 Å². The molecule has 7 heteroatoms. The van der Waals surface area contributed by atoms with E-state index < -0.39 is 0 Å². The predicted molar refractivity (Wildman–Crippen MR) is 114 cm³/mol. The van der Waals surface area contributed by atoms with E-state index in [1.165, 1.54) is 5.01 Å². The van der Waals surface area contributed by atoms with E-state index in [1.807, 2.05) is 42.5 Å². The third-order valence-electron chi connectivity index (χ3n) is 4.56. The molecule has 0 bridgehead atoms. The normalized spacial score (nSPS) is 13.1. The Labute approximate surface area is 176 Å². The average Bonchev–Trinajstić information content (AvgIpc) is 3.25. The fourth-order valence-electron chi connectivity index (χ4n) is 3.14. The zero-order chi connectivity index (χ0) is 20.2. The molecule has 1 aliphatic rings. The van der Waals surface area contributed by atoms with Gasteiger partial charge in [-0.2, -0.15) is 5.10 Å². The molecule has 2 heterocycles. The van der Waals surface area contributed by atoms with Crippen LogP contribution in [-0.4, -0.2) is 33.1 Å². The van der Waals surface area contributed by atoms with Crippen LogP contribution in [0.25, 0.3) is 16.2 Å². The maximum Gasteiger partial charge on any atom is 0.247 e. The summed E-state index contributed by atoms with van der Waals surface area (Å²) < 4.78 is 0.817. The third-order valence-corrected chi connectivity index (χ3v) is 4.97. The van der Waals surface area contributed by atoms with Crippen LogP contribution < -0.4 is 0 Å². The van der Waals surface area contributed by atoms with Crippen molar-refractivity contribution in [2.24, 2.45) is 5.10 Å². The molecule has 0 radical (unpaired) electrons. The second kappa shape index (κ2) is 8.33. The minimum absolute atomic E-state index is 0.0600. The van der Waals surface area contributed by atoms with Gasteiger partial charge in [-0.05, 0) is 39.2 Å². The molecular formula is C22H16BrN5O. The Morgan fingerprint density at radius 3 is 2.66 bits per heavy atom. The molecular weight excluding hydrogens is 430 g/mol. The smallest absolute Gasteiger partial charge is 0.247 e. The van der Waals surface area contributed by atoms with Crippen LogP contribution in [0.5, 0.6) is 0 Å². The first-order valence-electron chi connectivity index (χ1n) is 9.05. The van der Waals surface area contributed by atoms with Crippen molar-refractivity contribution in [1.82, 2.24) is 15.0 Å². The number of rotatable bonds is 4.